The Bertz CT molecular complexity index is 903. The van der Waals surface area contributed by atoms with Gasteiger partial charge in [-0.1, -0.05) is 91.0 Å². The van der Waals surface area contributed by atoms with Gasteiger partial charge in [-0.05, 0) is 16.7 Å². The molecule has 0 amide bonds. The van der Waals surface area contributed by atoms with E-state index in [0.717, 1.165) is 16.7 Å². The Morgan fingerprint density at radius 3 is 1.53 bits per heavy atom. The predicted octanol–water partition coefficient (Wildman–Crippen LogP) is 4.75. The SMILES string of the molecule is COC1OC[C@@H](OCc2ccccc2)[C@@H](OCc2ccccc2)[C@H]1OCc1ccccc1. The maximum Gasteiger partial charge on any atom is 0.186 e. The van der Waals surface area contributed by atoms with Gasteiger partial charge in [0.2, 0.25) is 0 Å². The standard InChI is InChI=1S/C27H30O5/c1-28-27-26(31-19-23-15-9-4-10-16-23)25(30-18-22-13-7-3-8-14-22)24(20-32-27)29-17-21-11-5-2-6-12-21/h2-16,24-27H,17-20H2,1H3/t24-,25-,26-,27?/m1/s1. The lowest BCUT2D eigenvalue weighted by Gasteiger charge is -2.41. The summed E-state index contributed by atoms with van der Waals surface area (Å²) in [6, 6.07) is 30.3. The van der Waals surface area contributed by atoms with Crippen molar-refractivity contribution >= 4 is 0 Å². The van der Waals surface area contributed by atoms with E-state index in [0.29, 0.717) is 26.4 Å². The van der Waals surface area contributed by atoms with Gasteiger partial charge in [-0.3, -0.25) is 0 Å². The van der Waals surface area contributed by atoms with Gasteiger partial charge in [-0.2, -0.15) is 0 Å². The van der Waals surface area contributed by atoms with Crippen LogP contribution in [0.1, 0.15) is 16.7 Å². The first-order valence-electron chi connectivity index (χ1n) is 10.9. The topological polar surface area (TPSA) is 46.2 Å². The number of ether oxygens (including phenoxy) is 5. The van der Waals surface area contributed by atoms with E-state index in [2.05, 4.69) is 0 Å². The summed E-state index contributed by atoms with van der Waals surface area (Å²) in [5.74, 6) is 0. The van der Waals surface area contributed by atoms with Gasteiger partial charge in [0.25, 0.3) is 0 Å². The summed E-state index contributed by atoms with van der Waals surface area (Å²) in [6.45, 7) is 1.74. The molecule has 168 valence electrons. The molecule has 3 aromatic rings. The van der Waals surface area contributed by atoms with Crippen LogP contribution in [0.4, 0.5) is 0 Å². The largest absolute Gasteiger partial charge is 0.368 e. The summed E-state index contributed by atoms with van der Waals surface area (Å²) in [5, 5.41) is 0. The highest BCUT2D eigenvalue weighted by molar-refractivity contribution is 5.15. The molecule has 1 unspecified atom stereocenters. The molecule has 0 aromatic heterocycles. The third-order valence-corrected chi connectivity index (χ3v) is 5.49. The summed E-state index contributed by atoms with van der Waals surface area (Å²) in [7, 11) is 1.63. The molecule has 3 aromatic carbocycles. The van der Waals surface area contributed by atoms with Crippen LogP contribution in [0.2, 0.25) is 0 Å². The monoisotopic (exact) mass is 434 g/mol. The predicted molar refractivity (Wildman–Crippen MR) is 122 cm³/mol. The van der Waals surface area contributed by atoms with Gasteiger partial charge in [-0.25, -0.2) is 0 Å². The van der Waals surface area contributed by atoms with Crippen LogP contribution in [-0.4, -0.2) is 38.3 Å². The minimum Gasteiger partial charge on any atom is -0.368 e. The molecule has 0 aliphatic carbocycles. The molecule has 1 aliphatic heterocycles. The fraction of sp³-hybridized carbons (Fsp3) is 0.333. The second kappa shape index (κ2) is 11.9. The Hall–Kier alpha value is -2.54. The van der Waals surface area contributed by atoms with Crippen molar-refractivity contribution in [3.8, 4) is 0 Å². The highest BCUT2D eigenvalue weighted by Crippen LogP contribution is 2.27. The van der Waals surface area contributed by atoms with Crippen molar-refractivity contribution in [3.63, 3.8) is 0 Å². The van der Waals surface area contributed by atoms with Crippen LogP contribution in [0.15, 0.2) is 91.0 Å². The van der Waals surface area contributed by atoms with Crippen LogP contribution in [0.3, 0.4) is 0 Å². The molecule has 1 aliphatic rings. The Labute approximate surface area is 189 Å². The Morgan fingerprint density at radius 1 is 0.625 bits per heavy atom. The summed E-state index contributed by atoms with van der Waals surface area (Å²) in [4.78, 5) is 0. The van der Waals surface area contributed by atoms with Crippen molar-refractivity contribution < 1.29 is 23.7 Å². The maximum absolute atomic E-state index is 6.39. The van der Waals surface area contributed by atoms with E-state index >= 15 is 0 Å². The zero-order valence-electron chi connectivity index (χ0n) is 18.3. The highest BCUT2D eigenvalue weighted by atomic mass is 16.7. The lowest BCUT2D eigenvalue weighted by Crippen LogP contribution is -2.56. The lowest BCUT2D eigenvalue weighted by molar-refractivity contribution is -0.293. The number of rotatable bonds is 10. The number of methoxy groups -OCH3 is 1. The quantitative estimate of drug-likeness (QED) is 0.461. The molecule has 5 heteroatoms. The number of hydrogen-bond acceptors (Lipinski definition) is 5. The zero-order chi connectivity index (χ0) is 22.0. The molecular weight excluding hydrogens is 404 g/mol. The van der Waals surface area contributed by atoms with Gasteiger partial charge < -0.3 is 23.7 Å². The Kier molecular flexibility index (Phi) is 8.42. The highest BCUT2D eigenvalue weighted by Gasteiger charge is 2.43. The molecule has 0 saturated carbocycles. The summed E-state index contributed by atoms with van der Waals surface area (Å²) in [5.41, 5.74) is 3.28. The summed E-state index contributed by atoms with van der Waals surface area (Å²) in [6.07, 6.45) is -1.60. The van der Waals surface area contributed by atoms with E-state index in [-0.39, 0.29) is 12.2 Å². The molecule has 1 heterocycles. The molecule has 0 bridgehead atoms. The second-order valence-corrected chi connectivity index (χ2v) is 7.79. The first-order chi connectivity index (χ1) is 15.8. The average molecular weight is 435 g/mol. The van der Waals surface area contributed by atoms with E-state index in [9.17, 15) is 0 Å². The molecule has 5 nitrogen and oxygen atoms in total. The fourth-order valence-corrected chi connectivity index (χ4v) is 3.78. The van der Waals surface area contributed by atoms with Crippen molar-refractivity contribution in [1.29, 1.82) is 0 Å². The normalized spacial score (nSPS) is 23.2. The van der Waals surface area contributed by atoms with Crippen molar-refractivity contribution in [1.82, 2.24) is 0 Å². The molecule has 32 heavy (non-hydrogen) atoms. The molecule has 4 rings (SSSR count). The average Bonchev–Trinajstić information content (AvgIpc) is 2.87. The van der Waals surface area contributed by atoms with Gasteiger partial charge in [-0.15, -0.1) is 0 Å². The second-order valence-electron chi connectivity index (χ2n) is 7.79. The first kappa shape index (κ1) is 22.6. The molecule has 0 spiro atoms. The van der Waals surface area contributed by atoms with Crippen LogP contribution < -0.4 is 0 Å². The summed E-state index contributed by atoms with van der Waals surface area (Å²) >= 11 is 0. The van der Waals surface area contributed by atoms with E-state index in [1.165, 1.54) is 0 Å². The lowest BCUT2D eigenvalue weighted by atomic mass is 10.0. The van der Waals surface area contributed by atoms with Crippen LogP contribution in [-0.2, 0) is 43.5 Å². The van der Waals surface area contributed by atoms with E-state index in [4.69, 9.17) is 23.7 Å². The molecule has 0 N–H and O–H groups in total. The van der Waals surface area contributed by atoms with Gasteiger partial charge in [0.05, 0.1) is 26.4 Å². The van der Waals surface area contributed by atoms with Gasteiger partial charge in [0, 0.05) is 7.11 Å². The summed E-state index contributed by atoms with van der Waals surface area (Å²) < 4.78 is 30.5. The number of benzene rings is 3. The van der Waals surface area contributed by atoms with Gasteiger partial charge in [0.15, 0.2) is 6.29 Å². The van der Waals surface area contributed by atoms with Crippen LogP contribution in [0.25, 0.3) is 0 Å². The maximum atomic E-state index is 6.39. The van der Waals surface area contributed by atoms with Crippen LogP contribution >= 0.6 is 0 Å². The van der Waals surface area contributed by atoms with Crippen LogP contribution in [0.5, 0.6) is 0 Å². The molecule has 1 fully saturated rings. The smallest absolute Gasteiger partial charge is 0.186 e. The fourth-order valence-electron chi connectivity index (χ4n) is 3.78. The Balaban J connectivity index is 1.49. The molecule has 1 saturated heterocycles. The van der Waals surface area contributed by atoms with E-state index < -0.39 is 12.4 Å². The molecular formula is C27H30O5. The van der Waals surface area contributed by atoms with Gasteiger partial charge in [0.1, 0.15) is 18.3 Å². The van der Waals surface area contributed by atoms with Crippen molar-refractivity contribution in [3.05, 3.63) is 108 Å². The number of hydrogen-bond donors (Lipinski definition) is 0. The minimum atomic E-state index is -0.531. The zero-order valence-corrected chi connectivity index (χ0v) is 18.3. The molecule has 0 radical (unpaired) electrons. The third-order valence-electron chi connectivity index (χ3n) is 5.49. The van der Waals surface area contributed by atoms with Crippen molar-refractivity contribution in [2.75, 3.05) is 13.7 Å². The minimum absolute atomic E-state index is 0.286. The van der Waals surface area contributed by atoms with Crippen molar-refractivity contribution in [2.24, 2.45) is 0 Å². The van der Waals surface area contributed by atoms with Crippen molar-refractivity contribution in [2.45, 2.75) is 44.4 Å². The first-order valence-corrected chi connectivity index (χ1v) is 10.9. The van der Waals surface area contributed by atoms with Crippen LogP contribution in [0, 0.1) is 0 Å². The van der Waals surface area contributed by atoms with E-state index in [1.54, 1.807) is 7.11 Å². The third kappa shape index (κ3) is 6.25. The molecule has 4 atom stereocenters. The Morgan fingerprint density at radius 2 is 1.06 bits per heavy atom. The van der Waals surface area contributed by atoms with E-state index in [1.807, 2.05) is 91.0 Å². The van der Waals surface area contributed by atoms with Gasteiger partial charge >= 0.3 is 0 Å².